The van der Waals surface area contributed by atoms with Gasteiger partial charge in [0.25, 0.3) is 5.56 Å². The second-order valence-corrected chi connectivity index (χ2v) is 4.78. The van der Waals surface area contributed by atoms with Gasteiger partial charge in [-0.2, -0.15) is 10.2 Å². The summed E-state index contributed by atoms with van der Waals surface area (Å²) in [5.41, 5.74) is 1.12. The fourth-order valence-electron chi connectivity index (χ4n) is 1.98. The third-order valence-electron chi connectivity index (χ3n) is 3.10. The molecule has 3 heterocycles. The fourth-order valence-corrected chi connectivity index (χ4v) is 1.98. The molecule has 3 rings (SSSR count). The van der Waals surface area contributed by atoms with Crippen LogP contribution in [0.25, 0.3) is 0 Å². The van der Waals surface area contributed by atoms with E-state index in [0.29, 0.717) is 17.9 Å². The number of hydrogen-bond acceptors (Lipinski definition) is 6. The van der Waals surface area contributed by atoms with E-state index < -0.39 is 5.97 Å². The summed E-state index contributed by atoms with van der Waals surface area (Å²) >= 11 is 0. The zero-order chi connectivity index (χ0) is 16.2. The van der Waals surface area contributed by atoms with Gasteiger partial charge in [0, 0.05) is 12.3 Å². The van der Waals surface area contributed by atoms with Crippen LogP contribution in [-0.4, -0.2) is 30.8 Å². The lowest BCUT2D eigenvalue weighted by Gasteiger charge is -2.04. The number of carbonyl (C=O) groups is 1. The van der Waals surface area contributed by atoms with Crippen molar-refractivity contribution >= 4 is 5.97 Å². The van der Waals surface area contributed by atoms with E-state index in [1.807, 2.05) is 0 Å². The molecular weight excluding hydrogens is 300 g/mol. The third-order valence-corrected chi connectivity index (χ3v) is 3.10. The van der Waals surface area contributed by atoms with E-state index >= 15 is 0 Å². The highest BCUT2D eigenvalue weighted by Gasteiger charge is 2.11. The zero-order valence-electron chi connectivity index (χ0n) is 11.9. The highest BCUT2D eigenvalue weighted by molar-refractivity contribution is 5.83. The Morgan fingerprint density at radius 3 is 2.61 bits per heavy atom. The van der Waals surface area contributed by atoms with Crippen LogP contribution in [0.1, 0.15) is 27.8 Å². The van der Waals surface area contributed by atoms with Crippen molar-refractivity contribution in [1.29, 1.82) is 0 Å². The van der Waals surface area contributed by atoms with Gasteiger partial charge in [0.1, 0.15) is 0 Å². The van der Waals surface area contributed by atoms with Gasteiger partial charge in [-0.1, -0.05) is 6.07 Å². The van der Waals surface area contributed by atoms with Crippen LogP contribution in [-0.2, 0) is 13.0 Å². The summed E-state index contributed by atoms with van der Waals surface area (Å²) in [5.74, 6) is -1.13. The number of hydrogen-bond donors (Lipinski definition) is 1. The van der Waals surface area contributed by atoms with Crippen LogP contribution in [0.2, 0.25) is 0 Å². The Kier molecular flexibility index (Phi) is 3.96. The Morgan fingerprint density at radius 2 is 1.96 bits per heavy atom. The molecule has 1 N–H and O–H groups in total. The minimum Gasteiger partial charge on any atom is -0.475 e. The molecule has 0 saturated carbocycles. The topological polar surface area (TPSA) is 111 Å². The van der Waals surface area contributed by atoms with Gasteiger partial charge in [-0.3, -0.25) is 4.79 Å². The number of nitrogens with zero attached hydrogens (tertiary/aromatic N) is 4. The molecule has 0 aromatic carbocycles. The Balaban J connectivity index is 1.70. The van der Waals surface area contributed by atoms with Crippen LogP contribution in [0.3, 0.4) is 0 Å². The Hall–Kier alpha value is -3.29. The minimum atomic E-state index is -1.17. The van der Waals surface area contributed by atoms with Gasteiger partial charge in [-0.15, -0.1) is 0 Å². The van der Waals surface area contributed by atoms with Gasteiger partial charge >= 0.3 is 5.97 Å². The highest BCUT2D eigenvalue weighted by Crippen LogP contribution is 2.09. The first-order valence-electron chi connectivity index (χ1n) is 6.77. The molecule has 0 spiro atoms. The van der Waals surface area contributed by atoms with Crippen molar-refractivity contribution in [2.45, 2.75) is 13.0 Å². The van der Waals surface area contributed by atoms with Crippen molar-refractivity contribution in [3.05, 3.63) is 76.1 Å². The van der Waals surface area contributed by atoms with Gasteiger partial charge < -0.3 is 14.1 Å². The highest BCUT2D eigenvalue weighted by atomic mass is 16.4. The molecule has 0 fully saturated rings. The smallest absolute Gasteiger partial charge is 0.373 e. The quantitative estimate of drug-likeness (QED) is 0.747. The van der Waals surface area contributed by atoms with Crippen molar-refractivity contribution < 1.29 is 14.3 Å². The van der Waals surface area contributed by atoms with Crippen molar-refractivity contribution in [3.63, 3.8) is 0 Å². The van der Waals surface area contributed by atoms with Crippen LogP contribution in [0.5, 0.6) is 0 Å². The summed E-state index contributed by atoms with van der Waals surface area (Å²) in [4.78, 5) is 26.2. The van der Waals surface area contributed by atoms with E-state index in [9.17, 15) is 9.59 Å². The molecule has 0 saturated heterocycles. The van der Waals surface area contributed by atoms with Crippen LogP contribution >= 0.6 is 0 Å². The number of oxazole rings is 1. The van der Waals surface area contributed by atoms with Crippen molar-refractivity contribution in [2.24, 2.45) is 0 Å². The monoisotopic (exact) mass is 312 g/mol. The number of carboxylic acids is 1. The second-order valence-electron chi connectivity index (χ2n) is 4.78. The molecule has 3 aromatic heterocycles. The van der Waals surface area contributed by atoms with Crippen LogP contribution in [0.15, 0.2) is 51.9 Å². The third kappa shape index (κ3) is 3.49. The van der Waals surface area contributed by atoms with E-state index in [1.54, 1.807) is 30.5 Å². The first-order chi connectivity index (χ1) is 11.1. The molecule has 0 unspecified atom stereocenters. The maximum Gasteiger partial charge on any atom is 0.373 e. The van der Waals surface area contributed by atoms with Crippen molar-refractivity contribution in [2.75, 3.05) is 0 Å². The van der Waals surface area contributed by atoms with Gasteiger partial charge in [0.05, 0.1) is 30.6 Å². The number of pyridine rings is 1. The summed E-state index contributed by atoms with van der Waals surface area (Å²) < 4.78 is 6.59. The molecule has 0 aliphatic rings. The molecule has 0 aliphatic heterocycles. The zero-order valence-corrected chi connectivity index (χ0v) is 11.9. The predicted octanol–water partition coefficient (Wildman–Crippen LogP) is 0.964. The fraction of sp³-hybridized carbons (Fsp3) is 0.133. The molecule has 116 valence electrons. The van der Waals surface area contributed by atoms with E-state index in [-0.39, 0.29) is 23.6 Å². The normalized spacial score (nSPS) is 10.6. The number of rotatable bonds is 5. The predicted molar refractivity (Wildman–Crippen MR) is 78.1 cm³/mol. The van der Waals surface area contributed by atoms with Crippen LogP contribution in [0, 0.1) is 0 Å². The molecule has 23 heavy (non-hydrogen) atoms. The summed E-state index contributed by atoms with van der Waals surface area (Å²) in [6.45, 7) is 0.328. The van der Waals surface area contributed by atoms with E-state index in [1.165, 1.54) is 10.6 Å². The number of aromatic carboxylic acids is 1. The largest absolute Gasteiger partial charge is 0.475 e. The molecule has 0 radical (unpaired) electrons. The van der Waals surface area contributed by atoms with Gasteiger partial charge in [0.15, 0.2) is 0 Å². The standard InChI is InChI=1S/C15H12N4O4/c20-14-3-1-2-6-19(14)9-11-5-4-10(17-18-11)7-13-16-8-12(23-13)15(21)22/h1-6,8H,7,9H2,(H,21,22). The lowest BCUT2D eigenvalue weighted by molar-refractivity contribution is 0.0660. The SMILES string of the molecule is O=C(O)c1cnc(Cc2ccc(Cn3ccccc3=O)nn2)o1. The molecule has 8 heteroatoms. The number of carboxylic acid groups (broad SMARTS) is 1. The first-order valence-corrected chi connectivity index (χ1v) is 6.77. The lowest BCUT2D eigenvalue weighted by atomic mass is 10.2. The molecule has 0 amide bonds. The maximum atomic E-state index is 11.6. The minimum absolute atomic E-state index is 0.112. The van der Waals surface area contributed by atoms with E-state index in [2.05, 4.69) is 15.2 Å². The molecule has 0 atom stereocenters. The molecular formula is C15H12N4O4. The summed E-state index contributed by atoms with van der Waals surface area (Å²) in [6, 6.07) is 8.41. The summed E-state index contributed by atoms with van der Waals surface area (Å²) in [5, 5.41) is 16.9. The summed E-state index contributed by atoms with van der Waals surface area (Å²) in [6.07, 6.45) is 3.07. The molecule has 0 aliphatic carbocycles. The van der Waals surface area contributed by atoms with Crippen molar-refractivity contribution in [3.8, 4) is 0 Å². The average molecular weight is 312 g/mol. The van der Waals surface area contributed by atoms with Gasteiger partial charge in [-0.05, 0) is 18.2 Å². The van der Waals surface area contributed by atoms with Gasteiger partial charge in [0.2, 0.25) is 11.7 Å². The van der Waals surface area contributed by atoms with E-state index in [0.717, 1.165) is 6.20 Å². The van der Waals surface area contributed by atoms with E-state index in [4.69, 9.17) is 9.52 Å². The Morgan fingerprint density at radius 1 is 1.17 bits per heavy atom. The first kappa shape index (κ1) is 14.6. The number of aromatic nitrogens is 4. The van der Waals surface area contributed by atoms with Crippen LogP contribution < -0.4 is 5.56 Å². The molecule has 0 bridgehead atoms. The molecule has 8 nitrogen and oxygen atoms in total. The summed E-state index contributed by atoms with van der Waals surface area (Å²) in [7, 11) is 0. The van der Waals surface area contributed by atoms with Crippen LogP contribution in [0.4, 0.5) is 0 Å². The molecule has 3 aromatic rings. The Labute approximate surface area is 130 Å². The van der Waals surface area contributed by atoms with Gasteiger partial charge in [-0.25, -0.2) is 9.78 Å². The maximum absolute atomic E-state index is 11.6. The lowest BCUT2D eigenvalue weighted by Crippen LogP contribution is -2.19. The van der Waals surface area contributed by atoms with Crippen molar-refractivity contribution in [1.82, 2.24) is 19.7 Å². The average Bonchev–Trinajstić information content (AvgIpc) is 3.00. The Bertz CT molecular complexity index is 883. The second kappa shape index (κ2) is 6.22.